The third-order valence-corrected chi connectivity index (χ3v) is 10.7. The van der Waals surface area contributed by atoms with Gasteiger partial charge in [-0.05, 0) is 77.7 Å². The second kappa shape index (κ2) is 15.9. The molecule has 0 aliphatic rings. The molecule has 58 heavy (non-hydrogen) atoms. The summed E-state index contributed by atoms with van der Waals surface area (Å²) in [7, 11) is 2.10. The van der Waals surface area contributed by atoms with Crippen LogP contribution >= 0.6 is 0 Å². The van der Waals surface area contributed by atoms with Crippen molar-refractivity contribution in [1.29, 1.82) is 0 Å². The summed E-state index contributed by atoms with van der Waals surface area (Å²) in [5.41, 5.74) is 14.7. The average molecular weight is 747 g/mol. The normalized spacial score (nSPS) is 11.7. The van der Waals surface area contributed by atoms with Crippen LogP contribution in [0, 0.1) is 0 Å². The van der Waals surface area contributed by atoms with Crippen LogP contribution in [-0.4, -0.2) is 21.6 Å². The number of aromatic nitrogens is 3. The Morgan fingerprint density at radius 1 is 0.569 bits per heavy atom. The van der Waals surface area contributed by atoms with Crippen molar-refractivity contribution in [3.63, 3.8) is 0 Å². The van der Waals surface area contributed by atoms with Gasteiger partial charge in [0.05, 0.1) is 22.4 Å². The molecule has 4 heteroatoms. The fourth-order valence-corrected chi connectivity index (χ4v) is 7.80. The molecule has 278 valence electrons. The van der Waals surface area contributed by atoms with Gasteiger partial charge in [0, 0.05) is 51.6 Å². The van der Waals surface area contributed by atoms with Crippen LogP contribution in [0.1, 0.15) is 12.5 Å². The van der Waals surface area contributed by atoms with Crippen LogP contribution in [0.15, 0.2) is 219 Å². The Morgan fingerprint density at radius 2 is 1.17 bits per heavy atom. The van der Waals surface area contributed by atoms with Crippen molar-refractivity contribution >= 4 is 33.1 Å². The average Bonchev–Trinajstić information content (AvgIpc) is 3.64. The summed E-state index contributed by atoms with van der Waals surface area (Å²) < 4.78 is 2.36. The summed E-state index contributed by atoms with van der Waals surface area (Å²) in [4.78, 5) is 12.3. The highest BCUT2D eigenvalue weighted by Gasteiger charge is 2.18. The van der Waals surface area contributed by atoms with Gasteiger partial charge in [-0.1, -0.05) is 164 Å². The minimum atomic E-state index is 0.694. The summed E-state index contributed by atoms with van der Waals surface area (Å²) >= 11 is 0. The van der Waals surface area contributed by atoms with Gasteiger partial charge in [-0.15, -0.1) is 0 Å². The smallest absolute Gasteiger partial charge is 0.160 e. The molecular weight excluding hydrogens is 705 g/mol. The van der Waals surface area contributed by atoms with Gasteiger partial charge in [0.15, 0.2) is 5.82 Å². The largest absolute Gasteiger partial charge is 0.344 e. The van der Waals surface area contributed by atoms with Gasteiger partial charge >= 0.3 is 0 Å². The quantitative estimate of drug-likeness (QED) is 0.131. The van der Waals surface area contributed by atoms with Gasteiger partial charge in [-0.25, -0.2) is 9.97 Å². The molecule has 0 saturated carbocycles. The van der Waals surface area contributed by atoms with Crippen molar-refractivity contribution in [2.75, 3.05) is 11.9 Å². The van der Waals surface area contributed by atoms with Gasteiger partial charge in [-0.3, -0.25) is 0 Å². The lowest BCUT2D eigenvalue weighted by Crippen LogP contribution is -2.17. The van der Waals surface area contributed by atoms with Crippen molar-refractivity contribution < 1.29 is 0 Å². The number of nitrogens with zero attached hydrogens (tertiary/aromatic N) is 4. The monoisotopic (exact) mass is 746 g/mol. The van der Waals surface area contributed by atoms with Crippen molar-refractivity contribution in [2.45, 2.75) is 6.92 Å². The van der Waals surface area contributed by atoms with Crippen LogP contribution in [-0.2, 0) is 0 Å². The topological polar surface area (TPSA) is 34.0 Å². The van der Waals surface area contributed by atoms with E-state index in [4.69, 9.17) is 9.97 Å². The number of anilines is 1. The van der Waals surface area contributed by atoms with E-state index in [1.807, 2.05) is 49.4 Å². The lowest BCUT2D eigenvalue weighted by Gasteiger charge is -2.25. The van der Waals surface area contributed by atoms with Crippen LogP contribution in [0.2, 0.25) is 0 Å². The van der Waals surface area contributed by atoms with Crippen molar-refractivity contribution in [3.8, 4) is 50.7 Å². The van der Waals surface area contributed by atoms with E-state index >= 15 is 0 Å². The predicted molar refractivity (Wildman–Crippen MR) is 245 cm³/mol. The molecular formula is C54H42N4. The Labute approximate surface area is 340 Å². The second-order valence-electron chi connectivity index (χ2n) is 14.3. The van der Waals surface area contributed by atoms with E-state index in [2.05, 4.69) is 187 Å². The summed E-state index contributed by atoms with van der Waals surface area (Å²) in [5, 5.41) is 2.48. The Hall–Kier alpha value is -7.56. The fraction of sp³-hybridized carbons (Fsp3) is 0.0370. The highest BCUT2D eigenvalue weighted by atomic mass is 15.1. The number of hydrogen-bond acceptors (Lipinski definition) is 3. The molecule has 2 aromatic heterocycles. The highest BCUT2D eigenvalue weighted by Crippen LogP contribution is 2.39. The van der Waals surface area contributed by atoms with Crippen LogP contribution in [0.3, 0.4) is 0 Å². The van der Waals surface area contributed by atoms with E-state index in [1.54, 1.807) is 0 Å². The van der Waals surface area contributed by atoms with Crippen molar-refractivity contribution in [3.05, 3.63) is 224 Å². The Morgan fingerprint density at radius 3 is 1.90 bits per heavy atom. The van der Waals surface area contributed by atoms with E-state index in [1.165, 1.54) is 27.4 Å². The first-order valence-electron chi connectivity index (χ1n) is 19.6. The van der Waals surface area contributed by atoms with E-state index < -0.39 is 0 Å². The number of allylic oxidation sites excluding steroid dienone is 4. The molecule has 0 bridgehead atoms. The second-order valence-corrected chi connectivity index (χ2v) is 14.3. The zero-order chi connectivity index (χ0) is 39.4. The van der Waals surface area contributed by atoms with Crippen LogP contribution in [0.4, 0.5) is 5.69 Å². The molecule has 0 unspecified atom stereocenters. The van der Waals surface area contributed by atoms with Crippen LogP contribution < -0.4 is 4.90 Å². The molecule has 0 radical (unpaired) electrons. The molecule has 0 aliphatic carbocycles. The number of likely N-dealkylation sites (N-methyl/N-ethyl adjacent to an activating group) is 1. The Bertz CT molecular complexity index is 2900. The molecule has 2 heterocycles. The molecule has 0 N–H and O–H groups in total. The molecule has 9 rings (SSSR count). The number of para-hydroxylation sites is 2. The standard InChI is InChI=1S/C54H42N4/c1-4-5-29-50(57(3)45-26-17-23-43(36-45)49-37-48(41-19-9-6-10-20-41)55-54(56-49)42-21-11-7-12-22-42)38(2)39-32-34-40(35-33-39)46-28-18-31-52-53(46)47-27-15-16-30-51(47)58(52)44-24-13-8-14-25-44/h4-37H,2H2,1,3H3/b5-4-,50-29+. The molecule has 7 aromatic carbocycles. The first-order valence-corrected chi connectivity index (χ1v) is 19.6. The molecule has 0 spiro atoms. The maximum Gasteiger partial charge on any atom is 0.160 e. The zero-order valence-electron chi connectivity index (χ0n) is 32.6. The zero-order valence-corrected chi connectivity index (χ0v) is 32.6. The molecule has 4 nitrogen and oxygen atoms in total. The third kappa shape index (κ3) is 6.93. The van der Waals surface area contributed by atoms with Crippen LogP contribution in [0.25, 0.3) is 78.1 Å². The van der Waals surface area contributed by atoms with Crippen molar-refractivity contribution in [1.82, 2.24) is 14.5 Å². The van der Waals surface area contributed by atoms with E-state index in [0.717, 1.165) is 61.9 Å². The molecule has 0 amide bonds. The number of rotatable bonds is 10. The summed E-state index contributed by atoms with van der Waals surface area (Å²) in [5.74, 6) is 0.694. The first kappa shape index (κ1) is 36.1. The minimum Gasteiger partial charge on any atom is -0.344 e. The summed E-state index contributed by atoms with van der Waals surface area (Å²) in [6.07, 6.45) is 6.25. The molecule has 0 aliphatic heterocycles. The Kier molecular flexibility index (Phi) is 9.89. The number of benzene rings is 7. The third-order valence-electron chi connectivity index (χ3n) is 10.7. The summed E-state index contributed by atoms with van der Waals surface area (Å²) in [6, 6.07) is 65.8. The van der Waals surface area contributed by atoms with E-state index in [9.17, 15) is 0 Å². The maximum atomic E-state index is 5.09. The van der Waals surface area contributed by atoms with Crippen molar-refractivity contribution in [2.24, 2.45) is 0 Å². The lowest BCUT2D eigenvalue weighted by molar-refractivity contribution is 1.14. The predicted octanol–water partition coefficient (Wildman–Crippen LogP) is 13.9. The SMILES string of the molecule is C=C(/C(=C\C=C/C)N(C)c1cccc(-c2cc(-c3ccccc3)nc(-c3ccccc3)n2)c1)c1ccc(-c2cccc3c2c2ccccc2n3-c2ccccc2)cc1. The van der Waals surface area contributed by atoms with Gasteiger partial charge in [-0.2, -0.15) is 0 Å². The number of hydrogen-bond donors (Lipinski definition) is 0. The maximum absolute atomic E-state index is 5.09. The first-order chi connectivity index (χ1) is 28.6. The van der Waals surface area contributed by atoms with Gasteiger partial charge in [0.2, 0.25) is 0 Å². The van der Waals surface area contributed by atoms with E-state index in [0.29, 0.717) is 5.82 Å². The lowest BCUT2D eigenvalue weighted by atomic mass is 9.96. The van der Waals surface area contributed by atoms with Gasteiger partial charge in [0.1, 0.15) is 0 Å². The highest BCUT2D eigenvalue weighted by molar-refractivity contribution is 6.15. The Balaban J connectivity index is 1.05. The molecule has 9 aromatic rings. The van der Waals surface area contributed by atoms with Gasteiger partial charge < -0.3 is 9.47 Å². The minimum absolute atomic E-state index is 0.694. The van der Waals surface area contributed by atoms with E-state index in [-0.39, 0.29) is 0 Å². The molecule has 0 atom stereocenters. The molecule has 0 saturated heterocycles. The summed E-state index contributed by atoms with van der Waals surface area (Å²) in [6.45, 7) is 6.69. The number of fused-ring (bicyclic) bond motifs is 3. The fourth-order valence-electron chi connectivity index (χ4n) is 7.80. The van der Waals surface area contributed by atoms with Crippen LogP contribution in [0.5, 0.6) is 0 Å². The molecule has 0 fully saturated rings. The van der Waals surface area contributed by atoms with Gasteiger partial charge in [0.25, 0.3) is 0 Å².